The van der Waals surface area contributed by atoms with E-state index >= 15 is 0 Å². The molecule has 0 bridgehead atoms. The van der Waals surface area contributed by atoms with Gasteiger partial charge >= 0.3 is 0 Å². The van der Waals surface area contributed by atoms with E-state index in [1.807, 2.05) is 22.7 Å². The molecule has 0 saturated heterocycles. The Labute approximate surface area is 716 Å². The lowest BCUT2D eigenvalue weighted by Crippen LogP contribution is -2.11. The number of hydrogen-bond acceptors (Lipinski definition) is 4. The van der Waals surface area contributed by atoms with Gasteiger partial charge in [0.25, 0.3) is 0 Å². The van der Waals surface area contributed by atoms with Crippen molar-refractivity contribution >= 4 is 140 Å². The van der Waals surface area contributed by atoms with Gasteiger partial charge in [-0.3, -0.25) is 0 Å². The minimum absolute atomic E-state index is 1.07. The van der Waals surface area contributed by atoms with Crippen LogP contribution < -0.4 is 9.80 Å². The second-order valence-corrected chi connectivity index (χ2v) is 33.9. The monoisotopic (exact) mass is 1580 g/mol. The molecule has 4 heteroatoms. The van der Waals surface area contributed by atoms with Gasteiger partial charge in [0.2, 0.25) is 0 Å². The summed E-state index contributed by atoms with van der Waals surface area (Å²) in [5.74, 6) is 0. The van der Waals surface area contributed by atoms with Crippen LogP contribution in [-0.4, -0.2) is 0 Å². The van der Waals surface area contributed by atoms with Crippen LogP contribution in [0, 0.1) is 0 Å². The van der Waals surface area contributed by atoms with Crippen molar-refractivity contribution < 1.29 is 0 Å². The first-order valence-electron chi connectivity index (χ1n) is 41.8. The van der Waals surface area contributed by atoms with E-state index < -0.39 is 0 Å². The topological polar surface area (TPSA) is 6.48 Å². The fraction of sp³-hybridized carbons (Fsp3) is 0. The van der Waals surface area contributed by atoms with Crippen molar-refractivity contribution in [2.24, 2.45) is 0 Å². The highest BCUT2D eigenvalue weighted by Crippen LogP contribution is 2.51. The zero-order valence-electron chi connectivity index (χ0n) is 66.6. The summed E-state index contributed by atoms with van der Waals surface area (Å²) in [7, 11) is 0. The zero-order chi connectivity index (χ0) is 80.6. The third-order valence-electron chi connectivity index (χ3n) is 24.7. The van der Waals surface area contributed by atoms with Crippen molar-refractivity contribution in [3.63, 3.8) is 0 Å². The summed E-state index contributed by atoms with van der Waals surface area (Å²) in [6, 6.07) is 171. The third kappa shape index (κ3) is 13.0. The number of benzene rings is 21. The van der Waals surface area contributed by atoms with Crippen LogP contribution in [0.2, 0.25) is 0 Å². The largest absolute Gasteiger partial charge is 0.310 e. The molecule has 0 aliphatic carbocycles. The van der Waals surface area contributed by atoms with Gasteiger partial charge in [0.15, 0.2) is 0 Å². The first kappa shape index (κ1) is 72.0. The van der Waals surface area contributed by atoms with Crippen molar-refractivity contribution in [2.75, 3.05) is 9.80 Å². The third-order valence-corrected chi connectivity index (χ3v) is 26.9. The molecule has 0 amide bonds. The summed E-state index contributed by atoms with van der Waals surface area (Å²) in [4.78, 5) is 4.91. The van der Waals surface area contributed by atoms with Crippen LogP contribution in [0.25, 0.3) is 195 Å². The molecule has 0 fully saturated rings. The molecule has 23 aromatic rings. The van der Waals surface area contributed by atoms with Gasteiger partial charge in [-0.05, 0) is 246 Å². The minimum atomic E-state index is 1.07. The Hall–Kier alpha value is -15.3. The molecule has 0 aliphatic rings. The SMILES string of the molecule is c1cc(-c2cccc(N(c3ccc(-c4ccc(-c5cccc6ccccc56)cc4)cc3)c3ccccc3-c3cccc4sc5ccccc5c34)c2)cc(-c2ccc3ccc(-c4ccc5c(c4)sc4cccc(-c6ccccc6N(c6ccc(-c7ccccc7-c7cccc8ccccc78)cc6)c6ccc(-c7cccc8ccccc78)cc6)c45)cc3c2)c1. The summed E-state index contributed by atoms with van der Waals surface area (Å²) in [5.41, 5.74) is 30.2. The second kappa shape index (κ2) is 30.6. The van der Waals surface area contributed by atoms with Gasteiger partial charge in [0, 0.05) is 74.2 Å². The fourth-order valence-electron chi connectivity index (χ4n) is 18.8. The Balaban J connectivity index is 0.570. The van der Waals surface area contributed by atoms with E-state index in [0.29, 0.717) is 0 Å². The van der Waals surface area contributed by atoms with Crippen LogP contribution in [0.5, 0.6) is 0 Å². The smallest absolute Gasteiger partial charge is 0.0540 e. The number of para-hydroxylation sites is 2. The molecule has 0 N–H and O–H groups in total. The molecule has 0 radical (unpaired) electrons. The van der Waals surface area contributed by atoms with E-state index in [2.05, 4.69) is 471 Å². The van der Waals surface area contributed by atoms with Crippen molar-refractivity contribution in [1.29, 1.82) is 0 Å². The summed E-state index contributed by atoms with van der Waals surface area (Å²) in [6.07, 6.45) is 0. The molecule has 2 aromatic heterocycles. The molecule has 23 rings (SSSR count). The predicted molar refractivity (Wildman–Crippen MR) is 526 cm³/mol. The molecule has 122 heavy (non-hydrogen) atoms. The fourth-order valence-corrected chi connectivity index (χ4v) is 21.1. The maximum atomic E-state index is 2.46. The predicted octanol–water partition coefficient (Wildman–Crippen LogP) is 34.6. The number of nitrogens with zero attached hydrogens (tertiary/aromatic N) is 2. The quantitative estimate of drug-likeness (QED) is 0.0951. The Kier molecular flexibility index (Phi) is 18.0. The average Bonchev–Trinajstić information content (AvgIpc) is 1.69. The number of rotatable bonds is 16. The van der Waals surface area contributed by atoms with E-state index in [0.717, 1.165) is 67.5 Å². The number of thiophene rings is 2. The van der Waals surface area contributed by atoms with Gasteiger partial charge in [-0.1, -0.05) is 358 Å². The molecule has 0 unspecified atom stereocenters. The molecular weight excluding hydrogens is 1510 g/mol. The molecule has 21 aromatic carbocycles. The van der Waals surface area contributed by atoms with Crippen LogP contribution in [-0.2, 0) is 0 Å². The van der Waals surface area contributed by atoms with Gasteiger partial charge in [0.1, 0.15) is 0 Å². The summed E-state index contributed by atoms with van der Waals surface area (Å²) >= 11 is 3.73. The van der Waals surface area contributed by atoms with Crippen molar-refractivity contribution in [2.45, 2.75) is 0 Å². The van der Waals surface area contributed by atoms with Gasteiger partial charge in [-0.25, -0.2) is 0 Å². The maximum Gasteiger partial charge on any atom is 0.0540 e. The highest BCUT2D eigenvalue weighted by molar-refractivity contribution is 7.26. The molecule has 0 atom stereocenters. The van der Waals surface area contributed by atoms with Crippen molar-refractivity contribution in [3.8, 4) is 111 Å². The number of anilines is 6. The zero-order valence-corrected chi connectivity index (χ0v) is 68.2. The summed E-state index contributed by atoms with van der Waals surface area (Å²) < 4.78 is 5.08. The number of fused-ring (bicyclic) bond motifs is 10. The van der Waals surface area contributed by atoms with Crippen LogP contribution in [0.1, 0.15) is 0 Å². The molecule has 0 saturated carbocycles. The average molecular weight is 1590 g/mol. The lowest BCUT2D eigenvalue weighted by molar-refractivity contribution is 1.28. The standard InChI is InChI=1S/C118H76N2S2/c1-4-32-97-80(22-1)25-17-40-99(97)83-54-50-77(51-55-83)78-58-65-95(66-59-78)120(112-46-13-10-38-106(112)107-43-20-48-114-117(107)109-39-11-14-47-113(109)121-114)96-31-16-30-88(75-96)86-28-15-29-87(72-86)89-56-52-79-53-57-90(74-92(79)73-89)91-64-71-110-116(76-91)122-115-49-21-44-108(118(110)115)105-37-9-12-45-111(105)119(93-67-60-84(61-68-93)100-41-18-26-81-23-2-5-33-98(81)100)94-69-62-85(63-70-94)102-35-7-8-36-103(102)104-42-19-27-82-24-3-6-34-101(82)104/h1-76H. The van der Waals surface area contributed by atoms with Crippen LogP contribution in [0.15, 0.2) is 461 Å². The molecule has 570 valence electrons. The summed E-state index contributed by atoms with van der Waals surface area (Å²) in [6.45, 7) is 0. The van der Waals surface area contributed by atoms with E-state index in [1.165, 1.54) is 161 Å². The lowest BCUT2D eigenvalue weighted by atomic mass is 9.91. The first-order chi connectivity index (χ1) is 60.5. The van der Waals surface area contributed by atoms with Crippen LogP contribution in [0.3, 0.4) is 0 Å². The Morgan fingerprint density at radius 2 is 0.467 bits per heavy atom. The van der Waals surface area contributed by atoms with E-state index in [1.54, 1.807) is 0 Å². The molecule has 0 aliphatic heterocycles. The van der Waals surface area contributed by atoms with Gasteiger partial charge in [-0.2, -0.15) is 0 Å². The first-order valence-corrected chi connectivity index (χ1v) is 43.4. The Bertz CT molecular complexity index is 7990. The van der Waals surface area contributed by atoms with E-state index in [4.69, 9.17) is 0 Å². The molecule has 2 heterocycles. The van der Waals surface area contributed by atoms with Crippen LogP contribution >= 0.6 is 22.7 Å². The number of hydrogen-bond donors (Lipinski definition) is 0. The van der Waals surface area contributed by atoms with Crippen molar-refractivity contribution in [1.82, 2.24) is 0 Å². The minimum Gasteiger partial charge on any atom is -0.310 e. The lowest BCUT2D eigenvalue weighted by Gasteiger charge is -2.28. The van der Waals surface area contributed by atoms with Gasteiger partial charge in [0.05, 0.1) is 11.4 Å². The Morgan fingerprint density at radius 1 is 0.139 bits per heavy atom. The van der Waals surface area contributed by atoms with Crippen molar-refractivity contribution in [3.05, 3.63) is 461 Å². The van der Waals surface area contributed by atoms with E-state index in [-0.39, 0.29) is 0 Å². The van der Waals surface area contributed by atoms with E-state index in [9.17, 15) is 0 Å². The molecular formula is C118H76N2S2. The summed E-state index contributed by atoms with van der Waals surface area (Å²) in [5, 5.41) is 14.9. The maximum absolute atomic E-state index is 2.46. The normalized spacial score (nSPS) is 11.6. The van der Waals surface area contributed by atoms with Crippen LogP contribution in [0.4, 0.5) is 34.1 Å². The van der Waals surface area contributed by atoms with Gasteiger partial charge in [-0.15, -0.1) is 22.7 Å². The highest BCUT2D eigenvalue weighted by Gasteiger charge is 2.25. The second-order valence-electron chi connectivity index (χ2n) is 31.7. The Morgan fingerprint density at radius 3 is 1.02 bits per heavy atom. The molecule has 2 nitrogen and oxygen atoms in total. The van der Waals surface area contributed by atoms with Gasteiger partial charge < -0.3 is 9.80 Å². The highest BCUT2D eigenvalue weighted by atomic mass is 32.1. The molecule has 0 spiro atoms.